The van der Waals surface area contributed by atoms with Gasteiger partial charge in [0.1, 0.15) is 6.10 Å². The number of ether oxygens (including phenoxy) is 2. The minimum atomic E-state index is 0.155. The van der Waals surface area contributed by atoms with Gasteiger partial charge in [-0.15, -0.1) is 0 Å². The summed E-state index contributed by atoms with van der Waals surface area (Å²) in [6, 6.07) is 7.65. The molecule has 0 aliphatic carbocycles. The van der Waals surface area contributed by atoms with Crippen LogP contribution in [0, 0.1) is 0 Å². The number of anilines is 1. The Morgan fingerprint density at radius 3 is 2.58 bits per heavy atom. The van der Waals surface area contributed by atoms with E-state index in [2.05, 4.69) is 0 Å². The van der Waals surface area contributed by atoms with Crippen LogP contribution < -0.4 is 22.3 Å². The summed E-state index contributed by atoms with van der Waals surface area (Å²) >= 11 is 0. The van der Waals surface area contributed by atoms with Crippen molar-refractivity contribution in [1.82, 2.24) is 0 Å². The van der Waals surface area contributed by atoms with Gasteiger partial charge < -0.3 is 20.9 Å². The van der Waals surface area contributed by atoms with Crippen molar-refractivity contribution < 1.29 is 9.47 Å². The molecule has 6 nitrogen and oxygen atoms in total. The van der Waals surface area contributed by atoms with E-state index < -0.39 is 0 Å². The lowest BCUT2D eigenvalue weighted by Gasteiger charge is -2.26. The third-order valence-electron chi connectivity index (χ3n) is 2.87. The molecule has 1 aromatic carbocycles. The van der Waals surface area contributed by atoms with E-state index in [9.17, 15) is 0 Å². The first-order valence-corrected chi connectivity index (χ1v) is 6.17. The third kappa shape index (κ3) is 3.93. The Kier molecular flexibility index (Phi) is 4.75. The predicted octanol–water partition coefficient (Wildman–Crippen LogP) is 0.0409. The smallest absolute Gasteiger partial charge is 0.105 e. The lowest BCUT2D eigenvalue weighted by molar-refractivity contribution is -0.124. The Hall–Kier alpha value is -1.60. The monoisotopic (exact) mass is 264 g/mol. The van der Waals surface area contributed by atoms with Gasteiger partial charge in [0.05, 0.1) is 31.2 Å². The summed E-state index contributed by atoms with van der Waals surface area (Å²) in [5.74, 6) is 5.91. The number of rotatable bonds is 6. The van der Waals surface area contributed by atoms with Gasteiger partial charge in [0.15, 0.2) is 0 Å². The zero-order chi connectivity index (χ0) is 13.7. The Labute approximate surface area is 112 Å². The van der Waals surface area contributed by atoms with Crippen LogP contribution in [-0.2, 0) is 16.0 Å². The average Bonchev–Trinajstić information content (AvgIpc) is 2.37. The van der Waals surface area contributed by atoms with Crippen LogP contribution in [0.1, 0.15) is 5.56 Å². The molecule has 0 unspecified atom stereocenters. The molecule has 1 saturated heterocycles. The molecular formula is C13H20N4O2. The van der Waals surface area contributed by atoms with Crippen LogP contribution in [0.25, 0.3) is 0 Å². The number of nitrogens with two attached hydrogens (primary N) is 3. The van der Waals surface area contributed by atoms with Gasteiger partial charge in [-0.05, 0) is 17.7 Å². The van der Waals surface area contributed by atoms with Crippen LogP contribution in [0.4, 0.5) is 5.69 Å². The number of hydrogen-bond donors (Lipinski definition) is 3. The standard InChI is InChI=1S/C13H20N4O2/c14-5-10-1-3-12(4-2-10)17(16)6-11(15)7-19-13-8-18-9-13/h1-4,6,13H,5,7-9,14-16H2/b11-6-. The molecule has 19 heavy (non-hydrogen) atoms. The van der Waals surface area contributed by atoms with Crippen LogP contribution in [0.3, 0.4) is 0 Å². The van der Waals surface area contributed by atoms with Crippen molar-refractivity contribution >= 4 is 5.69 Å². The number of nitrogens with zero attached hydrogens (tertiary/aromatic N) is 1. The molecule has 1 aromatic rings. The molecule has 0 amide bonds. The van der Waals surface area contributed by atoms with E-state index in [0.717, 1.165) is 11.3 Å². The highest BCUT2D eigenvalue weighted by molar-refractivity contribution is 5.48. The maximum atomic E-state index is 5.91. The fourth-order valence-electron chi connectivity index (χ4n) is 1.62. The fourth-order valence-corrected chi connectivity index (χ4v) is 1.62. The molecule has 0 spiro atoms. The second-order valence-electron chi connectivity index (χ2n) is 4.45. The molecule has 0 radical (unpaired) electrons. The first-order valence-electron chi connectivity index (χ1n) is 6.17. The Balaban J connectivity index is 1.87. The van der Waals surface area contributed by atoms with Crippen LogP contribution in [0.5, 0.6) is 0 Å². The molecule has 0 atom stereocenters. The maximum absolute atomic E-state index is 5.91. The minimum Gasteiger partial charge on any atom is -0.399 e. The van der Waals surface area contributed by atoms with Gasteiger partial charge in [-0.2, -0.15) is 0 Å². The molecule has 2 rings (SSSR count). The van der Waals surface area contributed by atoms with Gasteiger partial charge in [-0.1, -0.05) is 12.1 Å². The summed E-state index contributed by atoms with van der Waals surface area (Å²) in [5.41, 5.74) is 13.9. The second kappa shape index (κ2) is 6.53. The van der Waals surface area contributed by atoms with Crippen molar-refractivity contribution in [3.63, 3.8) is 0 Å². The van der Waals surface area contributed by atoms with E-state index in [1.54, 1.807) is 6.20 Å². The molecule has 0 aromatic heterocycles. The minimum absolute atomic E-state index is 0.155. The summed E-state index contributed by atoms with van der Waals surface area (Å²) in [4.78, 5) is 0. The average molecular weight is 264 g/mol. The van der Waals surface area contributed by atoms with Crippen LogP contribution in [0.15, 0.2) is 36.2 Å². The Morgan fingerprint density at radius 1 is 1.37 bits per heavy atom. The molecular weight excluding hydrogens is 244 g/mol. The molecule has 0 bridgehead atoms. The van der Waals surface area contributed by atoms with Crippen molar-refractivity contribution in [2.24, 2.45) is 17.3 Å². The van der Waals surface area contributed by atoms with Gasteiger partial charge in [-0.3, -0.25) is 5.01 Å². The summed E-state index contributed by atoms with van der Waals surface area (Å²) in [6.07, 6.45) is 1.80. The Bertz CT molecular complexity index is 429. The lowest BCUT2D eigenvalue weighted by atomic mass is 10.2. The maximum Gasteiger partial charge on any atom is 0.105 e. The lowest BCUT2D eigenvalue weighted by Crippen LogP contribution is -2.37. The van der Waals surface area contributed by atoms with Gasteiger partial charge in [-0.25, -0.2) is 5.84 Å². The van der Waals surface area contributed by atoms with Gasteiger partial charge >= 0.3 is 0 Å². The summed E-state index contributed by atoms with van der Waals surface area (Å²) in [6.45, 7) is 2.14. The highest BCUT2D eigenvalue weighted by Crippen LogP contribution is 2.13. The highest BCUT2D eigenvalue weighted by Gasteiger charge is 2.18. The summed E-state index contributed by atoms with van der Waals surface area (Å²) in [7, 11) is 0. The summed E-state index contributed by atoms with van der Waals surface area (Å²) < 4.78 is 10.5. The number of benzene rings is 1. The van der Waals surface area contributed by atoms with E-state index in [1.807, 2.05) is 24.3 Å². The Morgan fingerprint density at radius 2 is 2.05 bits per heavy atom. The molecule has 1 heterocycles. The quantitative estimate of drug-likeness (QED) is 0.495. The number of hydrogen-bond acceptors (Lipinski definition) is 6. The third-order valence-corrected chi connectivity index (χ3v) is 2.87. The van der Waals surface area contributed by atoms with E-state index >= 15 is 0 Å². The summed E-state index contributed by atoms with van der Waals surface area (Å²) in [5, 5.41) is 1.47. The highest BCUT2D eigenvalue weighted by atomic mass is 16.6. The first-order chi connectivity index (χ1) is 9.19. The van der Waals surface area contributed by atoms with Crippen LogP contribution in [-0.4, -0.2) is 25.9 Å². The van der Waals surface area contributed by atoms with Gasteiger partial charge in [0.25, 0.3) is 0 Å². The van der Waals surface area contributed by atoms with Crippen LogP contribution in [0.2, 0.25) is 0 Å². The van der Waals surface area contributed by atoms with Crippen LogP contribution >= 0.6 is 0 Å². The molecule has 6 N–H and O–H groups in total. The largest absolute Gasteiger partial charge is 0.399 e. The van der Waals surface area contributed by atoms with Crippen molar-refractivity contribution in [2.75, 3.05) is 24.8 Å². The van der Waals surface area contributed by atoms with Gasteiger partial charge in [0, 0.05) is 12.7 Å². The molecule has 1 aliphatic rings. The normalized spacial score (nSPS) is 16.2. The van der Waals surface area contributed by atoms with Crippen molar-refractivity contribution in [3.8, 4) is 0 Å². The molecule has 1 fully saturated rings. The van der Waals surface area contributed by atoms with Crippen molar-refractivity contribution in [1.29, 1.82) is 0 Å². The van der Waals surface area contributed by atoms with E-state index in [4.69, 9.17) is 26.8 Å². The molecule has 1 aliphatic heterocycles. The SMILES string of the molecule is NCc1ccc(N(N)/C=C(\N)COC2COC2)cc1. The zero-order valence-corrected chi connectivity index (χ0v) is 10.8. The first kappa shape index (κ1) is 13.8. The van der Waals surface area contributed by atoms with E-state index in [0.29, 0.717) is 32.1 Å². The van der Waals surface area contributed by atoms with Gasteiger partial charge in [0.2, 0.25) is 0 Å². The second-order valence-corrected chi connectivity index (χ2v) is 4.45. The molecule has 104 valence electrons. The van der Waals surface area contributed by atoms with Crippen molar-refractivity contribution in [3.05, 3.63) is 41.7 Å². The zero-order valence-electron chi connectivity index (χ0n) is 10.8. The molecule has 6 heteroatoms. The number of hydrazine groups is 1. The predicted molar refractivity (Wildman–Crippen MR) is 73.8 cm³/mol. The van der Waals surface area contributed by atoms with E-state index in [-0.39, 0.29) is 6.10 Å². The fraction of sp³-hybridized carbons (Fsp3) is 0.385. The molecule has 0 saturated carbocycles. The van der Waals surface area contributed by atoms with E-state index in [1.165, 1.54) is 5.01 Å². The topological polar surface area (TPSA) is 99.8 Å². The van der Waals surface area contributed by atoms with Crippen molar-refractivity contribution in [2.45, 2.75) is 12.6 Å².